The Bertz CT molecular complexity index is 1410. The second kappa shape index (κ2) is 11.4. The van der Waals surface area contributed by atoms with E-state index in [4.69, 9.17) is 20.3 Å². The lowest BCUT2D eigenvalue weighted by molar-refractivity contribution is -0.124. The molecule has 2 aromatic heterocycles. The zero-order valence-electron chi connectivity index (χ0n) is 21.8. The number of para-hydroxylation sites is 1. The van der Waals surface area contributed by atoms with Crippen LogP contribution in [0.3, 0.4) is 0 Å². The number of benzene rings is 2. The van der Waals surface area contributed by atoms with Gasteiger partial charge in [-0.3, -0.25) is 9.69 Å². The van der Waals surface area contributed by atoms with Crippen LogP contribution in [0.1, 0.15) is 31.7 Å². The second-order valence-electron chi connectivity index (χ2n) is 10.2. The average molecular weight is 528 g/mol. The van der Waals surface area contributed by atoms with E-state index >= 15 is 0 Å². The molecule has 1 aliphatic carbocycles. The van der Waals surface area contributed by atoms with Crippen molar-refractivity contribution in [3.63, 3.8) is 0 Å². The first-order valence-electron chi connectivity index (χ1n) is 13.6. The fourth-order valence-electron chi connectivity index (χ4n) is 5.46. The fourth-order valence-corrected chi connectivity index (χ4v) is 5.46. The summed E-state index contributed by atoms with van der Waals surface area (Å²) in [6.45, 7) is 3.43. The van der Waals surface area contributed by atoms with Crippen LogP contribution in [0.15, 0.2) is 60.9 Å². The number of hydrogen-bond donors (Lipinski definition) is 2. The van der Waals surface area contributed by atoms with Gasteiger partial charge in [-0.05, 0) is 62.1 Å². The fraction of sp³-hybridized carbons (Fsp3) is 0.379. The summed E-state index contributed by atoms with van der Waals surface area (Å²) in [5.74, 6) is 2.03. The summed E-state index contributed by atoms with van der Waals surface area (Å²) >= 11 is 0. The molecule has 0 radical (unpaired) electrons. The number of carbonyl (C=O) groups excluding carboxylic acids is 1. The molecule has 2 fully saturated rings. The normalized spacial score (nSPS) is 20.1. The molecule has 202 valence electrons. The molecule has 4 aromatic rings. The van der Waals surface area contributed by atoms with Gasteiger partial charge in [0.05, 0.1) is 31.2 Å². The Balaban J connectivity index is 1.16. The van der Waals surface area contributed by atoms with E-state index < -0.39 is 0 Å². The lowest BCUT2D eigenvalue weighted by Gasteiger charge is -2.31. The standard InChI is InChI=1S/C29H33N7O3/c30-28-26-27(20-6-12-24(13-7-20)39-23-4-2-1-3-5-23)34-36(29(26)32-19-31-28)22-10-8-21(9-11-22)33-25(37)18-35-14-16-38-17-15-35/h1-7,12-13,19,21-22H,8-11,14-18H2,(H,33,37)(H2,30,31,32). The molecule has 2 aliphatic rings. The molecule has 10 heteroatoms. The highest BCUT2D eigenvalue weighted by molar-refractivity contribution is 5.98. The molecule has 1 saturated heterocycles. The number of ether oxygens (including phenoxy) is 2. The number of rotatable bonds is 7. The van der Waals surface area contributed by atoms with Crippen LogP contribution in [-0.4, -0.2) is 69.4 Å². The van der Waals surface area contributed by atoms with E-state index in [1.165, 1.54) is 6.33 Å². The van der Waals surface area contributed by atoms with Gasteiger partial charge in [-0.1, -0.05) is 18.2 Å². The number of morpholine rings is 1. The molecule has 1 amide bonds. The first-order chi connectivity index (χ1) is 19.1. The molecule has 1 aliphatic heterocycles. The predicted octanol–water partition coefficient (Wildman–Crippen LogP) is 3.80. The molecule has 2 aromatic carbocycles. The van der Waals surface area contributed by atoms with Gasteiger partial charge in [0.25, 0.3) is 0 Å². The van der Waals surface area contributed by atoms with Crippen LogP contribution < -0.4 is 15.8 Å². The van der Waals surface area contributed by atoms with Crippen molar-refractivity contribution in [1.82, 2.24) is 30.0 Å². The van der Waals surface area contributed by atoms with Crippen molar-refractivity contribution in [3.05, 3.63) is 60.9 Å². The van der Waals surface area contributed by atoms with Gasteiger partial charge in [0.1, 0.15) is 29.3 Å². The van der Waals surface area contributed by atoms with Gasteiger partial charge in [0.15, 0.2) is 5.65 Å². The Labute approximate surface area is 227 Å². The zero-order chi connectivity index (χ0) is 26.6. The van der Waals surface area contributed by atoms with Crippen LogP contribution in [0.2, 0.25) is 0 Å². The SMILES string of the molecule is Nc1ncnc2c1c(-c1ccc(Oc3ccccc3)cc1)nn2C1CCC(NC(=O)CN2CCOCC2)CC1. The average Bonchev–Trinajstić information content (AvgIpc) is 3.36. The second-order valence-corrected chi connectivity index (χ2v) is 10.2. The molecule has 6 rings (SSSR count). The van der Waals surface area contributed by atoms with E-state index in [1.54, 1.807) is 0 Å². The molecule has 0 spiro atoms. The first kappa shape index (κ1) is 25.3. The number of carbonyl (C=O) groups is 1. The Morgan fingerprint density at radius 3 is 2.44 bits per heavy atom. The Morgan fingerprint density at radius 2 is 1.69 bits per heavy atom. The van der Waals surface area contributed by atoms with Gasteiger partial charge in [-0.2, -0.15) is 5.10 Å². The van der Waals surface area contributed by atoms with Crippen LogP contribution >= 0.6 is 0 Å². The van der Waals surface area contributed by atoms with Gasteiger partial charge in [-0.15, -0.1) is 0 Å². The Kier molecular flexibility index (Phi) is 7.38. The van der Waals surface area contributed by atoms with E-state index in [0.29, 0.717) is 25.6 Å². The van der Waals surface area contributed by atoms with Gasteiger partial charge < -0.3 is 20.5 Å². The lowest BCUT2D eigenvalue weighted by atomic mass is 9.91. The highest BCUT2D eigenvalue weighted by atomic mass is 16.5. The number of nitrogens with zero attached hydrogens (tertiary/aromatic N) is 5. The van der Waals surface area contributed by atoms with E-state index in [1.807, 2.05) is 59.3 Å². The molecule has 1 saturated carbocycles. The number of anilines is 1. The molecule has 10 nitrogen and oxygen atoms in total. The number of nitrogens with one attached hydrogen (secondary N) is 1. The Morgan fingerprint density at radius 1 is 0.974 bits per heavy atom. The molecule has 0 unspecified atom stereocenters. The summed E-state index contributed by atoms with van der Waals surface area (Å²) < 4.78 is 13.3. The van der Waals surface area contributed by atoms with Gasteiger partial charge in [0, 0.05) is 24.7 Å². The van der Waals surface area contributed by atoms with Crippen LogP contribution in [0.5, 0.6) is 11.5 Å². The molecular weight excluding hydrogens is 494 g/mol. The first-order valence-corrected chi connectivity index (χ1v) is 13.6. The number of aromatic nitrogens is 4. The predicted molar refractivity (Wildman–Crippen MR) is 148 cm³/mol. The van der Waals surface area contributed by atoms with Crippen molar-refractivity contribution in [3.8, 4) is 22.8 Å². The third-order valence-electron chi connectivity index (χ3n) is 7.50. The maximum absolute atomic E-state index is 12.6. The van der Waals surface area contributed by atoms with Crippen LogP contribution in [0, 0.1) is 0 Å². The van der Waals surface area contributed by atoms with Crippen molar-refractivity contribution >= 4 is 22.8 Å². The lowest BCUT2D eigenvalue weighted by Crippen LogP contribution is -2.46. The molecule has 3 heterocycles. The van der Waals surface area contributed by atoms with Gasteiger partial charge in [-0.25, -0.2) is 14.6 Å². The summed E-state index contributed by atoms with van der Waals surface area (Å²) in [7, 11) is 0. The van der Waals surface area contributed by atoms with Crippen LogP contribution in [0.4, 0.5) is 5.82 Å². The van der Waals surface area contributed by atoms with Gasteiger partial charge in [0.2, 0.25) is 5.91 Å². The highest BCUT2D eigenvalue weighted by Crippen LogP contribution is 2.36. The number of fused-ring (bicyclic) bond motifs is 1. The summed E-state index contributed by atoms with van der Waals surface area (Å²) in [4.78, 5) is 23.5. The summed E-state index contributed by atoms with van der Waals surface area (Å²) in [5, 5.41) is 9.00. The molecule has 0 atom stereocenters. The Hall–Kier alpha value is -4.02. The van der Waals surface area contributed by atoms with Crippen LogP contribution in [-0.2, 0) is 9.53 Å². The number of nitrogen functional groups attached to an aromatic ring is 1. The third-order valence-corrected chi connectivity index (χ3v) is 7.50. The number of hydrogen-bond acceptors (Lipinski definition) is 8. The topological polar surface area (TPSA) is 120 Å². The molecule has 3 N–H and O–H groups in total. The van der Waals surface area contributed by atoms with E-state index in [-0.39, 0.29) is 18.0 Å². The van der Waals surface area contributed by atoms with E-state index in [0.717, 1.165) is 72.6 Å². The van der Waals surface area contributed by atoms with E-state index in [9.17, 15) is 4.79 Å². The van der Waals surface area contributed by atoms with Crippen LogP contribution in [0.25, 0.3) is 22.3 Å². The largest absolute Gasteiger partial charge is 0.457 e. The van der Waals surface area contributed by atoms with Crippen molar-refractivity contribution in [2.75, 3.05) is 38.6 Å². The van der Waals surface area contributed by atoms with Crippen molar-refractivity contribution in [2.24, 2.45) is 0 Å². The minimum atomic E-state index is 0.0902. The molecule has 39 heavy (non-hydrogen) atoms. The molecular formula is C29H33N7O3. The van der Waals surface area contributed by atoms with Crippen molar-refractivity contribution < 1.29 is 14.3 Å². The summed E-state index contributed by atoms with van der Waals surface area (Å²) in [6, 6.07) is 17.9. The minimum Gasteiger partial charge on any atom is -0.457 e. The third kappa shape index (κ3) is 5.71. The zero-order valence-corrected chi connectivity index (χ0v) is 21.8. The quantitative estimate of drug-likeness (QED) is 0.372. The summed E-state index contributed by atoms with van der Waals surface area (Å²) in [6.07, 6.45) is 5.07. The number of nitrogens with two attached hydrogens (primary N) is 1. The summed E-state index contributed by atoms with van der Waals surface area (Å²) in [5.41, 5.74) is 8.75. The maximum atomic E-state index is 12.6. The number of amides is 1. The van der Waals surface area contributed by atoms with Crippen molar-refractivity contribution in [1.29, 1.82) is 0 Å². The monoisotopic (exact) mass is 527 g/mol. The highest BCUT2D eigenvalue weighted by Gasteiger charge is 2.28. The molecule has 0 bridgehead atoms. The van der Waals surface area contributed by atoms with Gasteiger partial charge >= 0.3 is 0 Å². The minimum absolute atomic E-state index is 0.0902. The van der Waals surface area contributed by atoms with Crippen molar-refractivity contribution in [2.45, 2.75) is 37.8 Å². The smallest absolute Gasteiger partial charge is 0.234 e. The van der Waals surface area contributed by atoms with E-state index in [2.05, 4.69) is 20.2 Å². The maximum Gasteiger partial charge on any atom is 0.234 e.